The first-order valence-corrected chi connectivity index (χ1v) is 10.5. The molecule has 0 unspecified atom stereocenters. The van der Waals surface area contributed by atoms with Gasteiger partial charge >= 0.3 is 6.03 Å². The molecule has 0 saturated carbocycles. The lowest BCUT2D eigenvalue weighted by Gasteiger charge is -2.12. The second-order valence-corrected chi connectivity index (χ2v) is 7.61. The van der Waals surface area contributed by atoms with Gasteiger partial charge in [0.05, 0.1) is 15.4 Å². The fraction of sp³-hybridized carbons (Fsp3) is 0.238. The van der Waals surface area contributed by atoms with Crippen LogP contribution in [-0.2, 0) is 6.54 Å². The van der Waals surface area contributed by atoms with Gasteiger partial charge in [-0.25, -0.2) is 14.9 Å². The second kappa shape index (κ2) is 10.3. The Labute approximate surface area is 188 Å². The van der Waals surface area contributed by atoms with E-state index in [9.17, 15) is 14.4 Å². The number of unbranched alkanes of at least 4 members (excludes halogenated alkanes) is 2. The second-order valence-electron chi connectivity index (χ2n) is 6.79. The fourth-order valence-electron chi connectivity index (χ4n) is 2.97. The van der Waals surface area contributed by atoms with Crippen molar-refractivity contribution in [3.63, 3.8) is 0 Å². The number of nitrogens with one attached hydrogen (secondary N) is 3. The summed E-state index contributed by atoms with van der Waals surface area (Å²) in [6.07, 6.45) is 2.71. The van der Waals surface area contributed by atoms with Crippen molar-refractivity contribution in [1.29, 1.82) is 0 Å². The van der Waals surface area contributed by atoms with Gasteiger partial charge in [0, 0.05) is 17.6 Å². The number of rotatable bonds is 6. The quantitative estimate of drug-likeness (QED) is 0.374. The highest BCUT2D eigenvalue weighted by Crippen LogP contribution is 2.24. The van der Waals surface area contributed by atoms with Crippen molar-refractivity contribution in [2.75, 3.05) is 5.32 Å². The van der Waals surface area contributed by atoms with Gasteiger partial charge in [-0.2, -0.15) is 5.10 Å². The third kappa shape index (κ3) is 5.53. The van der Waals surface area contributed by atoms with E-state index in [1.807, 2.05) is 0 Å². The maximum absolute atomic E-state index is 12.7. The van der Waals surface area contributed by atoms with Crippen LogP contribution in [0.1, 0.15) is 36.7 Å². The molecule has 0 atom stereocenters. The summed E-state index contributed by atoms with van der Waals surface area (Å²) < 4.78 is 1.29. The Kier molecular flexibility index (Phi) is 7.49. The van der Waals surface area contributed by atoms with Gasteiger partial charge in [-0.3, -0.25) is 15.0 Å². The molecular formula is C21H21Cl2N5O3. The topological polar surface area (TPSA) is 105 Å². The third-order valence-corrected chi connectivity index (χ3v) is 5.26. The average molecular weight is 462 g/mol. The fourth-order valence-corrected chi connectivity index (χ4v) is 3.27. The molecule has 10 heteroatoms. The Balaban J connectivity index is 1.76. The highest BCUT2D eigenvalue weighted by Gasteiger charge is 2.17. The number of carbonyl (C=O) groups excluding carboxylic acids is 2. The maximum Gasteiger partial charge on any atom is 0.337 e. The molecular weight excluding hydrogens is 441 g/mol. The number of fused-ring (bicyclic) bond motifs is 1. The van der Waals surface area contributed by atoms with Gasteiger partial charge in [0.1, 0.15) is 0 Å². The number of urea groups is 1. The number of aryl methyl sites for hydroxylation is 1. The summed E-state index contributed by atoms with van der Waals surface area (Å²) in [6.45, 7) is 2.47. The van der Waals surface area contributed by atoms with Crippen LogP contribution in [0.2, 0.25) is 10.0 Å². The lowest BCUT2D eigenvalue weighted by Crippen LogP contribution is -2.44. The molecule has 31 heavy (non-hydrogen) atoms. The zero-order valence-corrected chi connectivity index (χ0v) is 18.3. The molecule has 1 heterocycles. The Morgan fingerprint density at radius 3 is 2.45 bits per heavy atom. The van der Waals surface area contributed by atoms with E-state index >= 15 is 0 Å². The summed E-state index contributed by atoms with van der Waals surface area (Å²) >= 11 is 11.8. The number of hydrogen-bond donors (Lipinski definition) is 3. The number of benzene rings is 2. The van der Waals surface area contributed by atoms with Crippen LogP contribution >= 0.6 is 23.2 Å². The van der Waals surface area contributed by atoms with E-state index in [-0.39, 0.29) is 16.3 Å². The van der Waals surface area contributed by atoms with Crippen LogP contribution in [0, 0.1) is 0 Å². The molecule has 162 valence electrons. The molecule has 0 radical (unpaired) electrons. The Hall–Kier alpha value is -3.10. The van der Waals surface area contributed by atoms with Crippen LogP contribution in [0.15, 0.2) is 47.3 Å². The minimum atomic E-state index is -0.688. The van der Waals surface area contributed by atoms with Crippen molar-refractivity contribution < 1.29 is 9.59 Å². The van der Waals surface area contributed by atoms with E-state index in [4.69, 9.17) is 23.2 Å². The molecule has 0 bridgehead atoms. The van der Waals surface area contributed by atoms with Crippen LogP contribution in [0.4, 0.5) is 10.5 Å². The molecule has 3 N–H and O–H groups in total. The van der Waals surface area contributed by atoms with Crippen molar-refractivity contribution in [3.05, 3.63) is 68.6 Å². The number of amides is 3. The molecule has 0 aliphatic heterocycles. The zero-order chi connectivity index (χ0) is 22.4. The predicted octanol–water partition coefficient (Wildman–Crippen LogP) is 4.36. The summed E-state index contributed by atoms with van der Waals surface area (Å²) in [5, 5.41) is 8.20. The molecule has 8 nitrogen and oxygen atoms in total. The molecule has 1 aromatic heterocycles. The monoisotopic (exact) mass is 461 g/mol. The Morgan fingerprint density at radius 1 is 1.00 bits per heavy atom. The summed E-state index contributed by atoms with van der Waals surface area (Å²) in [4.78, 5) is 37.5. The number of hydrogen-bond acceptors (Lipinski definition) is 4. The van der Waals surface area contributed by atoms with Crippen LogP contribution in [-0.4, -0.2) is 21.7 Å². The van der Waals surface area contributed by atoms with Gasteiger partial charge in [0.15, 0.2) is 5.69 Å². The molecule has 3 aromatic rings. The molecule has 0 aliphatic rings. The minimum Gasteiger partial charge on any atom is -0.307 e. The highest BCUT2D eigenvalue weighted by molar-refractivity contribution is 6.42. The van der Waals surface area contributed by atoms with Crippen molar-refractivity contribution in [1.82, 2.24) is 20.6 Å². The molecule has 3 amide bonds. The molecule has 2 aromatic carbocycles. The van der Waals surface area contributed by atoms with Crippen LogP contribution in [0.3, 0.4) is 0 Å². The van der Waals surface area contributed by atoms with E-state index in [0.717, 1.165) is 19.3 Å². The van der Waals surface area contributed by atoms with Crippen molar-refractivity contribution >= 4 is 51.6 Å². The summed E-state index contributed by atoms with van der Waals surface area (Å²) in [7, 11) is 0. The number of carbonyl (C=O) groups is 2. The standard InChI is InChI=1S/C21H21Cl2N5O3/c1-2-3-6-11-28-20(30)15-8-5-4-7-14(15)18(27-28)19(29)25-26-21(31)24-13-9-10-16(22)17(23)12-13/h4-5,7-10,12H,2-3,6,11H2,1H3,(H,25,29)(H2,24,26,31). The lowest BCUT2D eigenvalue weighted by molar-refractivity contribution is 0.0932. The Bertz CT molecular complexity index is 1180. The van der Waals surface area contributed by atoms with Crippen molar-refractivity contribution in [3.8, 4) is 0 Å². The van der Waals surface area contributed by atoms with Gasteiger partial charge in [0.2, 0.25) is 0 Å². The number of nitrogens with zero attached hydrogens (tertiary/aromatic N) is 2. The molecule has 3 rings (SSSR count). The van der Waals surface area contributed by atoms with Gasteiger partial charge < -0.3 is 5.32 Å². The minimum absolute atomic E-state index is 0.0431. The van der Waals surface area contributed by atoms with Crippen LogP contribution in [0.5, 0.6) is 0 Å². The largest absolute Gasteiger partial charge is 0.337 e. The van der Waals surface area contributed by atoms with Crippen molar-refractivity contribution in [2.45, 2.75) is 32.7 Å². The summed E-state index contributed by atoms with van der Waals surface area (Å²) in [5.74, 6) is -0.648. The maximum atomic E-state index is 12.7. The van der Waals surface area contributed by atoms with E-state index in [1.54, 1.807) is 30.3 Å². The zero-order valence-electron chi connectivity index (χ0n) is 16.7. The SMILES string of the molecule is CCCCCn1nc(C(=O)NNC(=O)Nc2ccc(Cl)c(Cl)c2)c2ccccc2c1=O. The molecule has 0 aliphatic carbocycles. The average Bonchev–Trinajstić information content (AvgIpc) is 2.76. The normalized spacial score (nSPS) is 10.7. The van der Waals surface area contributed by atoms with Gasteiger partial charge in [-0.15, -0.1) is 0 Å². The molecule has 0 saturated heterocycles. The smallest absolute Gasteiger partial charge is 0.307 e. The predicted molar refractivity (Wildman–Crippen MR) is 122 cm³/mol. The number of halogens is 2. The van der Waals surface area contributed by atoms with Crippen LogP contribution < -0.4 is 21.7 Å². The molecule has 0 fully saturated rings. The van der Waals surface area contributed by atoms with Gasteiger partial charge in [0.25, 0.3) is 11.5 Å². The summed E-state index contributed by atoms with van der Waals surface area (Å²) in [6, 6.07) is 10.6. The number of hydrazine groups is 1. The van der Waals surface area contributed by atoms with Crippen LogP contribution in [0.25, 0.3) is 10.8 Å². The summed E-state index contributed by atoms with van der Waals surface area (Å²) in [5.41, 5.74) is 4.76. The first kappa shape index (κ1) is 22.6. The van der Waals surface area contributed by atoms with Crippen molar-refractivity contribution in [2.24, 2.45) is 0 Å². The lowest BCUT2D eigenvalue weighted by atomic mass is 10.1. The molecule has 0 spiro atoms. The van der Waals surface area contributed by atoms with E-state index in [1.165, 1.54) is 16.8 Å². The van der Waals surface area contributed by atoms with E-state index in [2.05, 4.69) is 28.2 Å². The third-order valence-electron chi connectivity index (χ3n) is 4.52. The number of aromatic nitrogens is 2. The highest BCUT2D eigenvalue weighted by atomic mass is 35.5. The van der Waals surface area contributed by atoms with Gasteiger partial charge in [-0.1, -0.05) is 61.2 Å². The Morgan fingerprint density at radius 2 is 1.74 bits per heavy atom. The number of anilines is 1. The van der Waals surface area contributed by atoms with E-state index < -0.39 is 11.9 Å². The van der Waals surface area contributed by atoms with Gasteiger partial charge in [-0.05, 0) is 30.7 Å². The van der Waals surface area contributed by atoms with E-state index in [0.29, 0.717) is 28.0 Å². The first-order valence-electron chi connectivity index (χ1n) is 9.73. The first-order chi connectivity index (χ1) is 14.9.